The normalized spacial score (nSPS) is 11.7. The Morgan fingerprint density at radius 2 is 1.74 bits per heavy atom. The lowest BCUT2D eigenvalue weighted by Crippen LogP contribution is -2.18. The lowest BCUT2D eigenvalue weighted by Gasteiger charge is -2.22. The highest BCUT2D eigenvalue weighted by molar-refractivity contribution is 5.95. The zero-order valence-electron chi connectivity index (χ0n) is 22.5. The summed E-state index contributed by atoms with van der Waals surface area (Å²) >= 11 is 0. The van der Waals surface area contributed by atoms with Crippen molar-refractivity contribution in [1.29, 1.82) is 5.41 Å². The molecule has 0 saturated heterocycles. The van der Waals surface area contributed by atoms with Crippen molar-refractivity contribution in [2.45, 2.75) is 39.8 Å². The highest BCUT2D eigenvalue weighted by Crippen LogP contribution is 2.36. The van der Waals surface area contributed by atoms with Gasteiger partial charge in [0.15, 0.2) is 11.6 Å². The van der Waals surface area contributed by atoms with E-state index in [9.17, 15) is 0 Å². The molecule has 0 amide bonds. The average molecular weight is 532 g/mol. The number of aromatic amines is 1. The van der Waals surface area contributed by atoms with Gasteiger partial charge in [-0.25, -0.2) is 9.37 Å². The minimum Gasteiger partial charge on any atom is -0.494 e. The van der Waals surface area contributed by atoms with Gasteiger partial charge in [-0.05, 0) is 70.2 Å². The molecule has 0 saturated carbocycles. The lowest BCUT2D eigenvalue weighted by atomic mass is 10.0. The highest BCUT2D eigenvalue weighted by atomic mass is 19.1. The predicted octanol–water partition coefficient (Wildman–Crippen LogP) is 6.29. The quantitative estimate of drug-likeness (QED) is 0.126. The second-order valence-electron chi connectivity index (χ2n) is 9.14. The van der Waals surface area contributed by atoms with Gasteiger partial charge in [0, 0.05) is 28.4 Å². The van der Waals surface area contributed by atoms with Crippen LogP contribution in [0.3, 0.4) is 0 Å². The van der Waals surface area contributed by atoms with E-state index in [-0.39, 0.29) is 17.7 Å². The van der Waals surface area contributed by atoms with Crippen molar-refractivity contribution in [3.8, 4) is 28.5 Å². The maximum Gasteiger partial charge on any atom is 0.171 e. The number of hydrogen-bond acceptors (Lipinski definition) is 6. The number of nitrogens with two attached hydrogens (primary N) is 1. The Labute approximate surface area is 227 Å². The van der Waals surface area contributed by atoms with Gasteiger partial charge in [0.05, 0.1) is 31.2 Å². The number of nitrogens with zero attached hydrogens (tertiary/aromatic N) is 1. The van der Waals surface area contributed by atoms with E-state index in [0.717, 1.165) is 17.0 Å². The fourth-order valence-electron chi connectivity index (χ4n) is 4.15. The van der Waals surface area contributed by atoms with Gasteiger partial charge < -0.3 is 30.2 Å². The van der Waals surface area contributed by atoms with E-state index in [1.807, 2.05) is 52.0 Å². The van der Waals surface area contributed by atoms with Crippen LogP contribution in [0.2, 0.25) is 0 Å². The third kappa shape index (κ3) is 6.67. The van der Waals surface area contributed by atoms with Gasteiger partial charge in [0.2, 0.25) is 0 Å². The largest absolute Gasteiger partial charge is 0.494 e. The summed E-state index contributed by atoms with van der Waals surface area (Å²) < 4.78 is 33.2. The molecular formula is C30H34FN5O3. The second-order valence-corrected chi connectivity index (χ2v) is 9.14. The fraction of sp³-hybridized carbons (Fsp3) is 0.267. The lowest BCUT2D eigenvalue weighted by molar-refractivity contribution is 0.228. The van der Waals surface area contributed by atoms with Crippen molar-refractivity contribution in [2.75, 3.05) is 18.5 Å². The van der Waals surface area contributed by atoms with Crippen LogP contribution in [0.15, 0.2) is 66.9 Å². The Balaban J connectivity index is 1.80. The predicted molar refractivity (Wildman–Crippen MR) is 151 cm³/mol. The molecule has 204 valence electrons. The van der Waals surface area contributed by atoms with Crippen LogP contribution >= 0.6 is 0 Å². The van der Waals surface area contributed by atoms with Gasteiger partial charge in [0.25, 0.3) is 0 Å². The monoisotopic (exact) mass is 531 g/mol. The summed E-state index contributed by atoms with van der Waals surface area (Å²) in [5.41, 5.74) is 8.84. The molecular weight excluding hydrogens is 497 g/mol. The molecule has 0 bridgehead atoms. The molecule has 0 aliphatic carbocycles. The summed E-state index contributed by atoms with van der Waals surface area (Å²) in [5.74, 6) is 1.28. The molecule has 9 heteroatoms. The first-order chi connectivity index (χ1) is 18.8. The number of aromatic nitrogens is 2. The zero-order chi connectivity index (χ0) is 27.9. The van der Waals surface area contributed by atoms with Crippen molar-refractivity contribution in [1.82, 2.24) is 9.97 Å². The number of anilines is 1. The van der Waals surface area contributed by atoms with Crippen molar-refractivity contribution in [3.05, 3.63) is 89.6 Å². The molecule has 1 atom stereocenters. The van der Waals surface area contributed by atoms with Gasteiger partial charge in [-0.3, -0.25) is 5.41 Å². The van der Waals surface area contributed by atoms with E-state index in [4.69, 9.17) is 25.4 Å². The van der Waals surface area contributed by atoms with Crippen molar-refractivity contribution >= 4 is 11.5 Å². The first kappa shape index (κ1) is 27.5. The number of benzene rings is 3. The molecule has 0 radical (unpaired) electrons. The van der Waals surface area contributed by atoms with Crippen LogP contribution in [0.5, 0.6) is 17.2 Å². The minimum atomic E-state index is -0.730. The molecule has 1 unspecified atom stereocenters. The summed E-state index contributed by atoms with van der Waals surface area (Å²) in [6, 6.07) is 17.2. The smallest absolute Gasteiger partial charge is 0.171 e. The van der Waals surface area contributed by atoms with Crippen LogP contribution in [-0.2, 0) is 0 Å². The van der Waals surface area contributed by atoms with Crippen molar-refractivity contribution < 1.29 is 18.6 Å². The number of ether oxygens (including phenoxy) is 3. The van der Waals surface area contributed by atoms with Gasteiger partial charge in [-0.15, -0.1) is 0 Å². The summed E-state index contributed by atoms with van der Waals surface area (Å²) in [5, 5.41) is 11.1. The maximum absolute atomic E-state index is 16.0. The average Bonchev–Trinajstić information content (AvgIpc) is 3.40. The number of nitrogen functional groups attached to an aromatic ring is 1. The number of rotatable bonds is 12. The topological polar surface area (TPSA) is 118 Å². The Kier molecular flexibility index (Phi) is 8.70. The van der Waals surface area contributed by atoms with E-state index < -0.39 is 11.9 Å². The Morgan fingerprint density at radius 1 is 1.03 bits per heavy atom. The minimum absolute atomic E-state index is 0.0333. The molecule has 39 heavy (non-hydrogen) atoms. The number of nitrogens with one attached hydrogen (secondary N) is 3. The molecule has 0 aliphatic heterocycles. The standard InChI is InChI=1S/C30H34FN5O3/c1-5-37-22-9-7-8-20(14-22)25-17-34-30(36-25)28(35-21-12-10-19(11-13-21)29(32)33)24-15-23(38-6-2)16-26(27(24)31)39-18(3)4/h7-18,28,35H,5-6H2,1-4H3,(H3,32,33)(H,34,36). The number of halogens is 1. The van der Waals surface area contributed by atoms with Crippen LogP contribution in [-0.4, -0.2) is 35.1 Å². The molecule has 8 nitrogen and oxygen atoms in total. The summed E-state index contributed by atoms with van der Waals surface area (Å²) in [6.45, 7) is 8.46. The van der Waals surface area contributed by atoms with Crippen LogP contribution in [0.4, 0.5) is 10.1 Å². The molecule has 1 heterocycles. The molecule has 1 aromatic heterocycles. The Hall–Kier alpha value is -4.53. The molecule has 5 N–H and O–H groups in total. The highest BCUT2D eigenvalue weighted by Gasteiger charge is 2.26. The third-order valence-corrected chi connectivity index (χ3v) is 5.86. The molecule has 4 aromatic rings. The van der Waals surface area contributed by atoms with Gasteiger partial charge in [0.1, 0.15) is 29.2 Å². The van der Waals surface area contributed by atoms with Gasteiger partial charge >= 0.3 is 0 Å². The van der Waals surface area contributed by atoms with E-state index in [0.29, 0.717) is 41.6 Å². The Morgan fingerprint density at radius 3 is 2.41 bits per heavy atom. The molecule has 3 aromatic carbocycles. The summed E-state index contributed by atoms with van der Waals surface area (Å²) in [7, 11) is 0. The maximum atomic E-state index is 16.0. The molecule has 0 fully saturated rings. The van der Waals surface area contributed by atoms with E-state index in [2.05, 4.69) is 15.3 Å². The van der Waals surface area contributed by atoms with Gasteiger partial charge in [-0.1, -0.05) is 12.1 Å². The van der Waals surface area contributed by atoms with Gasteiger partial charge in [-0.2, -0.15) is 0 Å². The van der Waals surface area contributed by atoms with E-state index in [1.54, 1.807) is 42.6 Å². The van der Waals surface area contributed by atoms with E-state index >= 15 is 4.39 Å². The van der Waals surface area contributed by atoms with Crippen LogP contribution in [0.25, 0.3) is 11.3 Å². The molecule has 0 spiro atoms. The zero-order valence-corrected chi connectivity index (χ0v) is 22.5. The number of hydrogen-bond donors (Lipinski definition) is 4. The molecule has 4 rings (SSSR count). The first-order valence-corrected chi connectivity index (χ1v) is 12.9. The summed E-state index contributed by atoms with van der Waals surface area (Å²) in [4.78, 5) is 7.99. The SMILES string of the molecule is CCOc1cccc(-c2cnc(C(Nc3ccc(C(=N)N)cc3)c3cc(OCC)cc(OC(C)C)c3F)[nH]2)c1. The number of amidine groups is 1. The first-order valence-electron chi connectivity index (χ1n) is 12.9. The fourth-order valence-corrected chi connectivity index (χ4v) is 4.15. The van der Waals surface area contributed by atoms with E-state index in [1.165, 1.54) is 0 Å². The number of H-pyrrole nitrogens is 1. The molecule has 0 aliphatic rings. The number of imidazole rings is 1. The summed E-state index contributed by atoms with van der Waals surface area (Å²) in [6.07, 6.45) is 1.48. The second kappa shape index (κ2) is 12.3. The third-order valence-electron chi connectivity index (χ3n) is 5.86. The Bertz CT molecular complexity index is 1420. The van der Waals surface area contributed by atoms with Crippen LogP contribution < -0.4 is 25.3 Å². The van der Waals surface area contributed by atoms with Crippen LogP contribution in [0.1, 0.15) is 50.7 Å². The van der Waals surface area contributed by atoms with Crippen LogP contribution in [0, 0.1) is 11.2 Å². The van der Waals surface area contributed by atoms with Crippen molar-refractivity contribution in [2.24, 2.45) is 5.73 Å². The van der Waals surface area contributed by atoms with Crippen molar-refractivity contribution in [3.63, 3.8) is 0 Å².